The second-order valence-electron chi connectivity index (χ2n) is 7.33. The summed E-state index contributed by atoms with van der Waals surface area (Å²) < 4.78 is 16.8. The summed E-state index contributed by atoms with van der Waals surface area (Å²) in [5.74, 6) is -1.89. The second kappa shape index (κ2) is 6.49. The summed E-state index contributed by atoms with van der Waals surface area (Å²) in [6.45, 7) is 12.1. The number of esters is 2. The van der Waals surface area contributed by atoms with Gasteiger partial charge in [-0.1, -0.05) is 13.2 Å². The molecule has 0 aliphatic carbocycles. The predicted octanol–water partition coefficient (Wildman–Crippen LogP) is 1.52. The van der Waals surface area contributed by atoms with E-state index in [4.69, 9.17) is 14.2 Å². The molecule has 3 aliphatic rings. The Morgan fingerprint density at radius 1 is 1.44 bits per heavy atom. The summed E-state index contributed by atoms with van der Waals surface area (Å²) in [4.78, 5) is 36.8. The maximum atomic E-state index is 12.4. The van der Waals surface area contributed by atoms with E-state index in [1.165, 1.54) is 13.0 Å². The van der Waals surface area contributed by atoms with Gasteiger partial charge in [0, 0.05) is 18.1 Å². The minimum atomic E-state index is -1.17. The molecule has 7 heteroatoms. The Bertz CT molecular complexity index is 816. The van der Waals surface area contributed by atoms with Crippen LogP contribution in [0.25, 0.3) is 0 Å². The molecule has 0 spiro atoms. The average molecular weight is 374 g/mol. The van der Waals surface area contributed by atoms with Gasteiger partial charge in [0.2, 0.25) is 5.78 Å². The van der Waals surface area contributed by atoms with E-state index in [9.17, 15) is 19.5 Å². The lowest BCUT2D eigenvalue weighted by Crippen LogP contribution is -2.41. The van der Waals surface area contributed by atoms with Crippen LogP contribution in [0.1, 0.15) is 27.2 Å². The van der Waals surface area contributed by atoms with Gasteiger partial charge in [-0.3, -0.25) is 4.79 Å². The lowest BCUT2D eigenvalue weighted by molar-refractivity contribution is -0.149. The van der Waals surface area contributed by atoms with Crippen LogP contribution in [0.4, 0.5) is 0 Å². The number of aliphatic hydroxyl groups excluding tert-OH is 1. The molecule has 0 radical (unpaired) electrons. The van der Waals surface area contributed by atoms with Crippen molar-refractivity contribution in [2.75, 3.05) is 0 Å². The van der Waals surface area contributed by atoms with E-state index in [2.05, 4.69) is 13.2 Å². The molecule has 1 saturated heterocycles. The van der Waals surface area contributed by atoms with Crippen LogP contribution in [0.5, 0.6) is 0 Å². The molecule has 0 aromatic rings. The molecule has 27 heavy (non-hydrogen) atoms. The van der Waals surface area contributed by atoms with Crippen LogP contribution < -0.4 is 0 Å². The molecule has 2 bridgehead atoms. The zero-order chi connectivity index (χ0) is 20.1. The zero-order valence-electron chi connectivity index (χ0n) is 15.5. The first-order valence-electron chi connectivity index (χ1n) is 8.65. The number of ether oxygens (including phenoxy) is 3. The third-order valence-electron chi connectivity index (χ3n) is 5.20. The molecule has 0 aromatic heterocycles. The fraction of sp³-hybridized carbons (Fsp3) is 0.450. The Balaban J connectivity index is 2.03. The third-order valence-corrected chi connectivity index (χ3v) is 5.20. The normalized spacial score (nSPS) is 35.4. The van der Waals surface area contributed by atoms with Crippen molar-refractivity contribution in [1.29, 1.82) is 0 Å². The van der Waals surface area contributed by atoms with Gasteiger partial charge in [-0.15, -0.1) is 0 Å². The lowest BCUT2D eigenvalue weighted by Gasteiger charge is -2.29. The fourth-order valence-corrected chi connectivity index (χ4v) is 3.45. The fourth-order valence-electron chi connectivity index (χ4n) is 3.45. The van der Waals surface area contributed by atoms with Crippen LogP contribution in [0.3, 0.4) is 0 Å². The number of ketones is 1. The van der Waals surface area contributed by atoms with Crippen molar-refractivity contribution in [1.82, 2.24) is 0 Å². The van der Waals surface area contributed by atoms with Crippen molar-refractivity contribution in [3.63, 3.8) is 0 Å². The van der Waals surface area contributed by atoms with Crippen molar-refractivity contribution in [3.8, 4) is 0 Å². The first-order valence-corrected chi connectivity index (χ1v) is 8.65. The standard InChI is InChI=1S/C20H22O7/c1-9-6-14(25-18(23)10(2)12(4)21)17-11(3)19(24)26-15(17)8-20(5)16(22)7-13(9)27-20/h6-7,12,14-15,17,21H,2-3,8H2,1,4-5H3/b9-6-/t12-,14-,15+,17+,20-/m1/s1. The number of fused-ring (bicyclic) bond motifs is 3. The Morgan fingerprint density at radius 3 is 2.74 bits per heavy atom. The van der Waals surface area contributed by atoms with E-state index in [1.807, 2.05) is 0 Å². The number of aliphatic hydroxyl groups is 1. The van der Waals surface area contributed by atoms with Crippen molar-refractivity contribution >= 4 is 17.7 Å². The number of carbonyl (C=O) groups is 3. The van der Waals surface area contributed by atoms with Crippen molar-refractivity contribution in [2.24, 2.45) is 5.92 Å². The number of carbonyl (C=O) groups excluding carboxylic acids is 3. The number of allylic oxidation sites excluding steroid dienone is 1. The summed E-state index contributed by atoms with van der Waals surface area (Å²) in [6, 6.07) is 0. The maximum Gasteiger partial charge on any atom is 0.336 e. The van der Waals surface area contributed by atoms with Gasteiger partial charge >= 0.3 is 11.9 Å². The molecule has 7 nitrogen and oxygen atoms in total. The number of hydrogen-bond acceptors (Lipinski definition) is 7. The summed E-state index contributed by atoms with van der Waals surface area (Å²) >= 11 is 0. The Hall–Kier alpha value is -2.67. The van der Waals surface area contributed by atoms with E-state index in [-0.39, 0.29) is 23.4 Å². The average Bonchev–Trinajstić information content (AvgIpc) is 3.03. The van der Waals surface area contributed by atoms with Crippen LogP contribution in [0.15, 0.2) is 47.8 Å². The highest BCUT2D eigenvalue weighted by Gasteiger charge is 2.52. The summed E-state index contributed by atoms with van der Waals surface area (Å²) in [6.07, 6.45) is 0.400. The molecule has 0 aromatic carbocycles. The lowest BCUT2D eigenvalue weighted by atomic mass is 9.83. The first-order chi connectivity index (χ1) is 12.5. The van der Waals surface area contributed by atoms with Crippen molar-refractivity contribution < 1.29 is 33.7 Å². The topological polar surface area (TPSA) is 99.1 Å². The molecule has 0 saturated carbocycles. The van der Waals surface area contributed by atoms with E-state index in [0.717, 1.165) is 0 Å². The monoisotopic (exact) mass is 374 g/mol. The van der Waals surface area contributed by atoms with Gasteiger partial charge in [-0.05, 0) is 32.4 Å². The molecule has 0 unspecified atom stereocenters. The predicted molar refractivity (Wildman–Crippen MR) is 94.2 cm³/mol. The van der Waals surface area contributed by atoms with E-state index in [1.54, 1.807) is 19.9 Å². The van der Waals surface area contributed by atoms with E-state index < -0.39 is 41.8 Å². The SMILES string of the molecule is C=C1C(=O)O[C@H]2C[C@@]3(C)OC(=CC3=O)/C(C)=C\[C@@H](OC(=O)C(=C)[C@@H](C)O)[C@H]12. The zero-order valence-corrected chi connectivity index (χ0v) is 15.5. The van der Waals surface area contributed by atoms with Crippen molar-refractivity contribution in [2.45, 2.75) is 51.1 Å². The third kappa shape index (κ3) is 3.23. The molecule has 1 N–H and O–H groups in total. The van der Waals surface area contributed by atoms with Crippen LogP contribution in [-0.4, -0.2) is 46.7 Å². The first kappa shape index (κ1) is 19.1. The summed E-state index contributed by atoms with van der Waals surface area (Å²) in [5.41, 5.74) is -0.527. The van der Waals surface area contributed by atoms with Crippen LogP contribution >= 0.6 is 0 Å². The van der Waals surface area contributed by atoms with Gasteiger partial charge in [0.05, 0.1) is 17.6 Å². The van der Waals surface area contributed by atoms with Crippen LogP contribution in [0, 0.1) is 5.92 Å². The van der Waals surface area contributed by atoms with Crippen LogP contribution in [-0.2, 0) is 28.6 Å². The molecule has 0 amide bonds. The molecule has 3 aliphatic heterocycles. The Morgan fingerprint density at radius 2 is 2.11 bits per heavy atom. The number of hydrogen-bond donors (Lipinski definition) is 1. The van der Waals surface area contributed by atoms with Gasteiger partial charge in [-0.2, -0.15) is 0 Å². The molecular weight excluding hydrogens is 352 g/mol. The molecule has 5 atom stereocenters. The quantitative estimate of drug-likeness (QED) is 0.591. The van der Waals surface area contributed by atoms with Crippen LogP contribution in [0.2, 0.25) is 0 Å². The molecular formula is C20H22O7. The second-order valence-corrected chi connectivity index (χ2v) is 7.33. The van der Waals surface area contributed by atoms with E-state index >= 15 is 0 Å². The highest BCUT2D eigenvalue weighted by molar-refractivity contribution is 6.00. The molecule has 3 heterocycles. The minimum absolute atomic E-state index is 0.104. The summed E-state index contributed by atoms with van der Waals surface area (Å²) in [5, 5.41) is 9.57. The van der Waals surface area contributed by atoms with Gasteiger partial charge in [-0.25, -0.2) is 9.59 Å². The smallest absolute Gasteiger partial charge is 0.336 e. The maximum absolute atomic E-state index is 12.4. The van der Waals surface area contributed by atoms with Crippen molar-refractivity contribution in [3.05, 3.63) is 47.8 Å². The van der Waals surface area contributed by atoms with Gasteiger partial charge in [0.15, 0.2) is 5.60 Å². The van der Waals surface area contributed by atoms with Gasteiger partial charge < -0.3 is 19.3 Å². The van der Waals surface area contributed by atoms with E-state index in [0.29, 0.717) is 11.3 Å². The number of rotatable bonds is 3. The molecule has 3 rings (SSSR count). The Labute approximate surface area is 157 Å². The summed E-state index contributed by atoms with van der Waals surface area (Å²) in [7, 11) is 0. The highest BCUT2D eigenvalue weighted by atomic mass is 16.6. The largest absolute Gasteiger partial charge is 0.479 e. The minimum Gasteiger partial charge on any atom is -0.479 e. The van der Waals surface area contributed by atoms with Gasteiger partial charge in [0.25, 0.3) is 0 Å². The van der Waals surface area contributed by atoms with Gasteiger partial charge in [0.1, 0.15) is 18.0 Å². The molecule has 144 valence electrons. The highest BCUT2D eigenvalue weighted by Crippen LogP contribution is 2.42. The Kier molecular flexibility index (Phi) is 4.59. The molecule has 1 fully saturated rings.